The molecule has 1 saturated heterocycles. The average Bonchev–Trinajstić information content (AvgIpc) is 3.27. The number of aliphatic hydroxyl groups excluding tert-OH is 1. The zero-order valence-corrected chi connectivity index (χ0v) is 20.1. The molecule has 186 valence electrons. The third-order valence-corrected chi connectivity index (χ3v) is 6.93. The molecule has 3 amide bonds. The molecule has 1 aromatic carbocycles. The van der Waals surface area contributed by atoms with Gasteiger partial charge in [0.2, 0.25) is 17.7 Å². The van der Waals surface area contributed by atoms with Crippen molar-refractivity contribution in [2.24, 2.45) is 0 Å². The van der Waals surface area contributed by atoms with Crippen molar-refractivity contribution in [2.45, 2.75) is 23.5 Å². The zero-order valence-electron chi connectivity index (χ0n) is 19.3. The van der Waals surface area contributed by atoms with Gasteiger partial charge in [-0.3, -0.25) is 19.5 Å². The molecule has 5 rings (SSSR count). The summed E-state index contributed by atoms with van der Waals surface area (Å²) in [5.41, 5.74) is 3.06. The quantitative estimate of drug-likeness (QED) is 0.434. The van der Waals surface area contributed by atoms with E-state index in [0.717, 1.165) is 4.90 Å². The van der Waals surface area contributed by atoms with Crippen LogP contribution in [-0.4, -0.2) is 71.1 Å². The Morgan fingerprint density at radius 1 is 1.33 bits per heavy atom. The van der Waals surface area contributed by atoms with Crippen LogP contribution in [0.4, 0.5) is 16.2 Å². The number of fused-ring (bicyclic) bond motifs is 2. The van der Waals surface area contributed by atoms with Crippen LogP contribution in [0.1, 0.15) is 5.56 Å². The number of ether oxygens (including phenoxy) is 2. The van der Waals surface area contributed by atoms with Gasteiger partial charge in [-0.15, -0.1) is 11.8 Å². The van der Waals surface area contributed by atoms with Crippen LogP contribution in [-0.2, 0) is 20.7 Å². The second-order valence-electron chi connectivity index (χ2n) is 8.29. The lowest BCUT2D eigenvalue weighted by Gasteiger charge is -2.20. The molecule has 3 aromatic rings. The van der Waals surface area contributed by atoms with Gasteiger partial charge < -0.3 is 25.2 Å². The maximum absolute atomic E-state index is 12.6. The summed E-state index contributed by atoms with van der Waals surface area (Å²) in [5.74, 6) is 0.0742. The van der Waals surface area contributed by atoms with Crippen LogP contribution in [0.3, 0.4) is 0 Å². The van der Waals surface area contributed by atoms with Gasteiger partial charge in [0.05, 0.1) is 42.7 Å². The molecule has 36 heavy (non-hydrogen) atoms. The van der Waals surface area contributed by atoms with Crippen molar-refractivity contribution in [3.8, 4) is 5.88 Å². The Hall–Kier alpha value is -3.90. The minimum absolute atomic E-state index is 0.0282. The normalized spacial score (nSPS) is 17.8. The SMILES string of the molecule is COc1ccc2nccc(C[C@H](O)C(=O)NC[C@@H]3CN(c4ccc5c(c4)NC(=O)CS5)C(=O)O3)c2n1. The number of amides is 3. The molecule has 0 aliphatic carbocycles. The minimum atomic E-state index is -1.33. The van der Waals surface area contributed by atoms with E-state index in [-0.39, 0.29) is 25.4 Å². The van der Waals surface area contributed by atoms with E-state index >= 15 is 0 Å². The van der Waals surface area contributed by atoms with E-state index in [4.69, 9.17) is 9.47 Å². The van der Waals surface area contributed by atoms with E-state index in [1.165, 1.54) is 23.8 Å². The fraction of sp³-hybridized carbons (Fsp3) is 0.292. The summed E-state index contributed by atoms with van der Waals surface area (Å²) in [4.78, 5) is 47.7. The standard InChI is InChI=1S/C24H23N5O6S/c1-34-21-5-3-16-22(28-21)13(6-7-25-16)8-18(30)23(32)26-10-15-11-29(24(33)35-15)14-2-4-19-17(9-14)27-20(31)12-36-19/h2-7,9,15,18,30H,8,10-12H2,1H3,(H,26,32)(H,27,31)/t15-,18+/m1/s1. The largest absolute Gasteiger partial charge is 0.481 e. The first-order valence-corrected chi connectivity index (χ1v) is 12.2. The Labute approximate surface area is 210 Å². The first-order valence-electron chi connectivity index (χ1n) is 11.2. The van der Waals surface area contributed by atoms with E-state index in [2.05, 4.69) is 20.6 Å². The number of pyridine rings is 2. The van der Waals surface area contributed by atoms with E-state index in [9.17, 15) is 19.5 Å². The number of benzene rings is 1. The number of carbonyl (C=O) groups is 3. The first kappa shape index (κ1) is 23.8. The summed E-state index contributed by atoms with van der Waals surface area (Å²) in [6.45, 7) is 0.257. The van der Waals surface area contributed by atoms with Gasteiger partial charge in [-0.25, -0.2) is 9.78 Å². The molecule has 1 fully saturated rings. The molecular weight excluding hydrogens is 486 g/mol. The predicted octanol–water partition coefficient (Wildman–Crippen LogP) is 1.73. The minimum Gasteiger partial charge on any atom is -0.481 e. The third-order valence-electron chi connectivity index (χ3n) is 5.85. The second-order valence-corrected chi connectivity index (χ2v) is 9.31. The van der Waals surface area contributed by atoms with Gasteiger partial charge in [-0.2, -0.15) is 0 Å². The second kappa shape index (κ2) is 9.99. The van der Waals surface area contributed by atoms with Crippen molar-refractivity contribution in [3.05, 3.63) is 48.2 Å². The number of cyclic esters (lactones) is 1. The van der Waals surface area contributed by atoms with Crippen LogP contribution >= 0.6 is 11.8 Å². The molecule has 0 unspecified atom stereocenters. The third kappa shape index (κ3) is 4.90. The van der Waals surface area contributed by atoms with Crippen LogP contribution in [0.5, 0.6) is 5.88 Å². The molecule has 0 spiro atoms. The number of carbonyl (C=O) groups excluding carboxylic acids is 3. The molecule has 0 bridgehead atoms. The molecule has 3 N–H and O–H groups in total. The molecule has 2 aliphatic rings. The number of hydrogen-bond acceptors (Lipinski definition) is 9. The Bertz CT molecular complexity index is 1350. The van der Waals surface area contributed by atoms with Crippen molar-refractivity contribution in [3.63, 3.8) is 0 Å². The van der Waals surface area contributed by atoms with E-state index in [0.29, 0.717) is 39.6 Å². The smallest absolute Gasteiger partial charge is 0.414 e. The van der Waals surface area contributed by atoms with Gasteiger partial charge in [0.15, 0.2) is 0 Å². The molecule has 2 aromatic heterocycles. The van der Waals surface area contributed by atoms with Crippen molar-refractivity contribution < 1.29 is 29.0 Å². The van der Waals surface area contributed by atoms with E-state index in [1.807, 2.05) is 6.07 Å². The maximum Gasteiger partial charge on any atom is 0.414 e. The molecule has 0 radical (unpaired) electrons. The molecule has 0 saturated carbocycles. The fourth-order valence-corrected chi connectivity index (χ4v) is 4.84. The fourth-order valence-electron chi connectivity index (χ4n) is 4.05. The number of hydrogen-bond donors (Lipinski definition) is 3. The lowest BCUT2D eigenvalue weighted by atomic mass is 10.1. The maximum atomic E-state index is 12.6. The van der Waals surface area contributed by atoms with Crippen molar-refractivity contribution in [1.82, 2.24) is 15.3 Å². The summed E-state index contributed by atoms with van der Waals surface area (Å²) >= 11 is 1.43. The highest BCUT2D eigenvalue weighted by molar-refractivity contribution is 8.00. The van der Waals surface area contributed by atoms with Gasteiger partial charge >= 0.3 is 6.09 Å². The number of rotatable bonds is 7. The summed E-state index contributed by atoms with van der Waals surface area (Å²) in [5, 5.41) is 16.0. The highest BCUT2D eigenvalue weighted by Crippen LogP contribution is 2.35. The topological polar surface area (TPSA) is 143 Å². The van der Waals surface area contributed by atoms with Gasteiger partial charge in [-0.1, -0.05) is 0 Å². The van der Waals surface area contributed by atoms with E-state index in [1.54, 1.807) is 36.5 Å². The van der Waals surface area contributed by atoms with Crippen LogP contribution < -0.4 is 20.3 Å². The molecule has 4 heterocycles. The summed E-state index contributed by atoms with van der Waals surface area (Å²) < 4.78 is 10.6. The number of aromatic nitrogens is 2. The van der Waals surface area contributed by atoms with Crippen molar-refractivity contribution in [2.75, 3.05) is 36.2 Å². The molecule has 2 aliphatic heterocycles. The highest BCUT2D eigenvalue weighted by atomic mass is 32.2. The van der Waals surface area contributed by atoms with Crippen LogP contribution in [0.25, 0.3) is 11.0 Å². The first-order chi connectivity index (χ1) is 17.4. The monoisotopic (exact) mass is 509 g/mol. The number of nitrogens with one attached hydrogen (secondary N) is 2. The van der Waals surface area contributed by atoms with Crippen LogP contribution in [0.2, 0.25) is 0 Å². The summed E-state index contributed by atoms with van der Waals surface area (Å²) in [6.07, 6.45) is -0.860. The zero-order chi connectivity index (χ0) is 25.2. The molecule has 2 atom stereocenters. The van der Waals surface area contributed by atoms with E-state index < -0.39 is 24.2 Å². The Kier molecular flexibility index (Phi) is 6.61. The van der Waals surface area contributed by atoms with Gasteiger partial charge in [0.1, 0.15) is 12.2 Å². The number of anilines is 2. The summed E-state index contributed by atoms with van der Waals surface area (Å²) in [7, 11) is 1.51. The van der Waals surface area contributed by atoms with Crippen LogP contribution in [0, 0.1) is 0 Å². The Balaban J connectivity index is 1.19. The predicted molar refractivity (Wildman–Crippen MR) is 132 cm³/mol. The molecule has 11 nitrogen and oxygen atoms in total. The van der Waals surface area contributed by atoms with Crippen LogP contribution in [0.15, 0.2) is 47.5 Å². The van der Waals surface area contributed by atoms with Crippen molar-refractivity contribution in [1.29, 1.82) is 0 Å². The number of aliphatic hydroxyl groups is 1. The Morgan fingerprint density at radius 2 is 2.19 bits per heavy atom. The van der Waals surface area contributed by atoms with Crippen molar-refractivity contribution >= 4 is 52.1 Å². The average molecular weight is 510 g/mol. The molecular formula is C24H23N5O6S. The lowest BCUT2D eigenvalue weighted by Crippen LogP contribution is -2.41. The highest BCUT2D eigenvalue weighted by Gasteiger charge is 2.33. The van der Waals surface area contributed by atoms with Gasteiger partial charge in [0, 0.05) is 29.3 Å². The summed E-state index contributed by atoms with van der Waals surface area (Å²) in [6, 6.07) is 10.5. The molecule has 12 heteroatoms. The Morgan fingerprint density at radius 3 is 3.03 bits per heavy atom. The number of methoxy groups -OCH3 is 1. The number of nitrogens with zero attached hydrogens (tertiary/aromatic N) is 3. The van der Waals surface area contributed by atoms with Gasteiger partial charge in [0.25, 0.3) is 0 Å². The lowest BCUT2D eigenvalue weighted by molar-refractivity contribution is -0.129. The van der Waals surface area contributed by atoms with Gasteiger partial charge in [-0.05, 0) is 35.9 Å². The number of thioether (sulfide) groups is 1.